The number of hydrogen-bond acceptors (Lipinski definition) is 1. The Kier molecular flexibility index (Phi) is 3.01. The molecule has 60 valence electrons. The number of rotatable bonds is 2. The summed E-state index contributed by atoms with van der Waals surface area (Å²) in [6.45, 7) is 4.33. The van der Waals surface area contributed by atoms with Crippen LogP contribution in [-0.2, 0) is 6.42 Å². The molecule has 1 heteroatoms. The van der Waals surface area contributed by atoms with Crippen molar-refractivity contribution in [2.75, 3.05) is 0 Å². The van der Waals surface area contributed by atoms with Gasteiger partial charge in [-0.25, -0.2) is 0 Å². The summed E-state index contributed by atoms with van der Waals surface area (Å²) in [5, 5.41) is 0. The summed E-state index contributed by atoms with van der Waals surface area (Å²) in [6, 6.07) is 6.29. The lowest BCUT2D eigenvalue weighted by atomic mass is 10.0. The summed E-state index contributed by atoms with van der Waals surface area (Å²) in [5.41, 5.74) is 2.76. The molecule has 0 radical (unpaired) electrons. The van der Waals surface area contributed by atoms with Crippen molar-refractivity contribution in [3.8, 4) is 0 Å². The second kappa shape index (κ2) is 3.82. The molecule has 0 aliphatic heterocycles. The lowest BCUT2D eigenvalue weighted by molar-refractivity contribution is 0.906. The molecular weight excluding hydrogens is 152 g/mol. The van der Waals surface area contributed by atoms with E-state index in [-0.39, 0.29) is 0 Å². The van der Waals surface area contributed by atoms with Gasteiger partial charge in [0.1, 0.15) is 0 Å². The molecule has 11 heavy (non-hydrogen) atoms. The van der Waals surface area contributed by atoms with Crippen molar-refractivity contribution >= 4 is 12.6 Å². The van der Waals surface area contributed by atoms with E-state index in [1.54, 1.807) is 0 Å². The van der Waals surface area contributed by atoms with Gasteiger partial charge in [0, 0.05) is 4.90 Å². The van der Waals surface area contributed by atoms with Crippen molar-refractivity contribution < 1.29 is 0 Å². The van der Waals surface area contributed by atoms with E-state index in [1.807, 2.05) is 6.07 Å². The maximum atomic E-state index is 4.36. The largest absolute Gasteiger partial charge is 0.143 e. The highest BCUT2D eigenvalue weighted by molar-refractivity contribution is 7.80. The Morgan fingerprint density at radius 2 is 2.09 bits per heavy atom. The van der Waals surface area contributed by atoms with Crippen LogP contribution in [0, 0.1) is 6.92 Å². The van der Waals surface area contributed by atoms with Crippen LogP contribution in [0.15, 0.2) is 23.1 Å². The van der Waals surface area contributed by atoms with Crippen LogP contribution in [0.1, 0.15) is 24.5 Å². The summed E-state index contributed by atoms with van der Waals surface area (Å²) < 4.78 is 0. The number of thiol groups is 1. The standard InChI is InChI=1S/C10H14S/c1-3-5-9-6-4-7-10(11)8(9)2/h4,6-7,11H,3,5H2,1-2H3. The van der Waals surface area contributed by atoms with Crippen LogP contribution in [0.3, 0.4) is 0 Å². The average Bonchev–Trinajstić information content (AvgIpc) is 1.99. The Hall–Kier alpha value is -0.430. The van der Waals surface area contributed by atoms with E-state index < -0.39 is 0 Å². The minimum Gasteiger partial charge on any atom is -0.143 e. The molecule has 0 N–H and O–H groups in total. The summed E-state index contributed by atoms with van der Waals surface area (Å²) in [4.78, 5) is 1.11. The Bertz CT molecular complexity index is 241. The molecule has 1 aromatic rings. The number of benzene rings is 1. The third-order valence-electron chi connectivity index (χ3n) is 1.94. The monoisotopic (exact) mass is 166 g/mol. The Labute approximate surface area is 74.0 Å². The molecule has 1 aromatic carbocycles. The Morgan fingerprint density at radius 1 is 1.36 bits per heavy atom. The molecule has 1 rings (SSSR count). The van der Waals surface area contributed by atoms with Gasteiger partial charge in [-0.3, -0.25) is 0 Å². The van der Waals surface area contributed by atoms with E-state index in [2.05, 4.69) is 38.6 Å². The van der Waals surface area contributed by atoms with E-state index in [9.17, 15) is 0 Å². The van der Waals surface area contributed by atoms with Crippen molar-refractivity contribution in [1.82, 2.24) is 0 Å². The summed E-state index contributed by atoms with van der Waals surface area (Å²) >= 11 is 4.36. The molecule has 0 saturated carbocycles. The highest BCUT2D eigenvalue weighted by Gasteiger charge is 1.98. The minimum atomic E-state index is 1.11. The van der Waals surface area contributed by atoms with Crippen LogP contribution < -0.4 is 0 Å². The number of hydrogen-bond donors (Lipinski definition) is 1. The first-order valence-electron chi connectivity index (χ1n) is 4.03. The van der Waals surface area contributed by atoms with E-state index in [0.717, 1.165) is 4.90 Å². The maximum absolute atomic E-state index is 4.36. The predicted octanol–water partition coefficient (Wildman–Crippen LogP) is 3.24. The van der Waals surface area contributed by atoms with Crippen LogP contribution in [0.25, 0.3) is 0 Å². The Morgan fingerprint density at radius 3 is 2.73 bits per heavy atom. The van der Waals surface area contributed by atoms with E-state index in [1.165, 1.54) is 24.0 Å². The quantitative estimate of drug-likeness (QED) is 0.641. The molecule has 0 nitrogen and oxygen atoms in total. The lowest BCUT2D eigenvalue weighted by Crippen LogP contribution is -1.88. The minimum absolute atomic E-state index is 1.11. The lowest BCUT2D eigenvalue weighted by Gasteiger charge is -2.05. The fourth-order valence-corrected chi connectivity index (χ4v) is 1.44. The summed E-state index contributed by atoms with van der Waals surface area (Å²) in [5.74, 6) is 0. The highest BCUT2D eigenvalue weighted by atomic mass is 32.1. The molecule has 0 aliphatic carbocycles. The third kappa shape index (κ3) is 2.00. The molecule has 0 saturated heterocycles. The first kappa shape index (κ1) is 8.66. The van der Waals surface area contributed by atoms with Crippen LogP contribution in [-0.4, -0.2) is 0 Å². The van der Waals surface area contributed by atoms with Gasteiger partial charge < -0.3 is 0 Å². The van der Waals surface area contributed by atoms with Crippen molar-refractivity contribution in [2.45, 2.75) is 31.6 Å². The molecule has 0 heterocycles. The van der Waals surface area contributed by atoms with Crippen LogP contribution in [0.4, 0.5) is 0 Å². The number of aryl methyl sites for hydroxylation is 1. The first-order valence-corrected chi connectivity index (χ1v) is 4.48. The van der Waals surface area contributed by atoms with Gasteiger partial charge in [-0.15, -0.1) is 12.6 Å². The normalized spacial score (nSPS) is 10.1. The highest BCUT2D eigenvalue weighted by Crippen LogP contribution is 2.17. The maximum Gasteiger partial charge on any atom is 0.00719 e. The Balaban J connectivity index is 2.96. The molecular formula is C10H14S. The van der Waals surface area contributed by atoms with Crippen LogP contribution in [0.5, 0.6) is 0 Å². The van der Waals surface area contributed by atoms with Crippen LogP contribution in [0.2, 0.25) is 0 Å². The van der Waals surface area contributed by atoms with Gasteiger partial charge in [-0.1, -0.05) is 25.5 Å². The summed E-state index contributed by atoms with van der Waals surface area (Å²) in [6.07, 6.45) is 2.37. The molecule has 0 fully saturated rings. The zero-order valence-corrected chi connectivity index (χ0v) is 7.99. The molecule has 0 amide bonds. The van der Waals surface area contributed by atoms with Gasteiger partial charge in [-0.2, -0.15) is 0 Å². The molecule has 0 spiro atoms. The second-order valence-electron chi connectivity index (χ2n) is 2.81. The fraction of sp³-hybridized carbons (Fsp3) is 0.400. The summed E-state index contributed by atoms with van der Waals surface area (Å²) in [7, 11) is 0. The zero-order valence-electron chi connectivity index (χ0n) is 7.09. The van der Waals surface area contributed by atoms with Crippen LogP contribution >= 0.6 is 12.6 Å². The van der Waals surface area contributed by atoms with Crippen molar-refractivity contribution in [1.29, 1.82) is 0 Å². The van der Waals surface area contributed by atoms with Gasteiger partial charge >= 0.3 is 0 Å². The fourth-order valence-electron chi connectivity index (χ4n) is 1.21. The molecule has 0 bridgehead atoms. The molecule has 0 aliphatic rings. The van der Waals surface area contributed by atoms with Gasteiger partial charge in [0.2, 0.25) is 0 Å². The first-order chi connectivity index (χ1) is 5.25. The van der Waals surface area contributed by atoms with Gasteiger partial charge in [0.15, 0.2) is 0 Å². The van der Waals surface area contributed by atoms with E-state index >= 15 is 0 Å². The van der Waals surface area contributed by atoms with Gasteiger partial charge in [-0.05, 0) is 30.5 Å². The van der Waals surface area contributed by atoms with Crippen molar-refractivity contribution in [3.05, 3.63) is 29.3 Å². The zero-order chi connectivity index (χ0) is 8.27. The molecule has 0 atom stereocenters. The average molecular weight is 166 g/mol. The topological polar surface area (TPSA) is 0 Å². The van der Waals surface area contributed by atoms with Gasteiger partial charge in [0.05, 0.1) is 0 Å². The van der Waals surface area contributed by atoms with E-state index in [4.69, 9.17) is 0 Å². The molecule has 0 unspecified atom stereocenters. The van der Waals surface area contributed by atoms with Crippen molar-refractivity contribution in [2.24, 2.45) is 0 Å². The smallest absolute Gasteiger partial charge is 0.00719 e. The SMILES string of the molecule is CCCc1cccc(S)c1C. The second-order valence-corrected chi connectivity index (χ2v) is 3.29. The van der Waals surface area contributed by atoms with Crippen molar-refractivity contribution in [3.63, 3.8) is 0 Å². The third-order valence-corrected chi connectivity index (χ3v) is 2.42. The molecule has 0 aromatic heterocycles. The van der Waals surface area contributed by atoms with Gasteiger partial charge in [0.25, 0.3) is 0 Å². The van der Waals surface area contributed by atoms with E-state index in [0.29, 0.717) is 0 Å². The predicted molar refractivity (Wildman–Crippen MR) is 52.4 cm³/mol.